The molecule has 0 N–H and O–H groups in total. The van der Waals surface area contributed by atoms with E-state index in [-0.39, 0.29) is 18.3 Å². The molecule has 1 aliphatic carbocycles. The van der Waals surface area contributed by atoms with Crippen molar-refractivity contribution in [2.45, 2.75) is 63.5 Å². The van der Waals surface area contributed by atoms with Crippen molar-refractivity contribution in [2.24, 2.45) is 0 Å². The van der Waals surface area contributed by atoms with Gasteiger partial charge in [0.15, 0.2) is 0 Å². The van der Waals surface area contributed by atoms with Crippen molar-refractivity contribution < 1.29 is 9.31 Å². The minimum Gasteiger partial charge on any atom is -0.403 e. The summed E-state index contributed by atoms with van der Waals surface area (Å²) in [5, 5.41) is 0. The van der Waals surface area contributed by atoms with Crippen molar-refractivity contribution in [3.05, 3.63) is 48.0 Å². The molecule has 112 valence electrons. The average molecular weight is 284 g/mol. The molecule has 1 aliphatic heterocycles. The second kappa shape index (κ2) is 5.29. The fraction of sp³-hybridized carbons (Fsp3) is 0.556. The molecule has 1 heterocycles. The van der Waals surface area contributed by atoms with Crippen molar-refractivity contribution in [3.8, 4) is 0 Å². The van der Waals surface area contributed by atoms with Crippen LogP contribution in [0.4, 0.5) is 0 Å². The maximum absolute atomic E-state index is 6.17. The third-order valence-electron chi connectivity index (χ3n) is 5.25. The van der Waals surface area contributed by atoms with Crippen LogP contribution in [-0.4, -0.2) is 18.3 Å². The molecule has 2 atom stereocenters. The van der Waals surface area contributed by atoms with E-state index in [1.54, 1.807) is 0 Å². The highest BCUT2D eigenvalue weighted by Gasteiger charge is 2.53. The smallest absolute Gasteiger partial charge is 0.403 e. The summed E-state index contributed by atoms with van der Waals surface area (Å²) in [6.07, 6.45) is 6.90. The molecule has 0 radical (unpaired) electrons. The lowest BCUT2D eigenvalue weighted by Gasteiger charge is -2.32. The van der Waals surface area contributed by atoms with Gasteiger partial charge in [-0.15, -0.1) is 0 Å². The molecule has 0 aromatic heterocycles. The van der Waals surface area contributed by atoms with Crippen LogP contribution >= 0.6 is 0 Å². The van der Waals surface area contributed by atoms with E-state index in [2.05, 4.69) is 70.2 Å². The van der Waals surface area contributed by atoms with Crippen LogP contribution < -0.4 is 0 Å². The molecular formula is C18H25BO2. The Morgan fingerprint density at radius 3 is 2.05 bits per heavy atom. The second-order valence-electron chi connectivity index (χ2n) is 7.27. The molecule has 1 aromatic rings. The Morgan fingerprint density at radius 2 is 1.52 bits per heavy atom. The number of benzene rings is 1. The van der Waals surface area contributed by atoms with Gasteiger partial charge >= 0.3 is 7.12 Å². The first-order valence-corrected chi connectivity index (χ1v) is 7.98. The highest BCUT2D eigenvalue weighted by Crippen LogP contribution is 2.43. The van der Waals surface area contributed by atoms with Crippen LogP contribution in [0.2, 0.25) is 5.82 Å². The Labute approximate surface area is 128 Å². The Bertz CT molecular complexity index is 505. The van der Waals surface area contributed by atoms with Crippen molar-refractivity contribution in [1.82, 2.24) is 0 Å². The topological polar surface area (TPSA) is 18.5 Å². The van der Waals surface area contributed by atoms with Gasteiger partial charge in [0.2, 0.25) is 0 Å². The van der Waals surface area contributed by atoms with E-state index < -0.39 is 0 Å². The van der Waals surface area contributed by atoms with Gasteiger partial charge in [0, 0.05) is 11.7 Å². The van der Waals surface area contributed by atoms with Crippen LogP contribution in [0.5, 0.6) is 0 Å². The molecule has 2 aliphatic rings. The van der Waals surface area contributed by atoms with Crippen molar-refractivity contribution in [1.29, 1.82) is 0 Å². The van der Waals surface area contributed by atoms with Gasteiger partial charge in [0.25, 0.3) is 0 Å². The zero-order valence-electron chi connectivity index (χ0n) is 13.5. The fourth-order valence-electron chi connectivity index (χ4n) is 3.11. The summed E-state index contributed by atoms with van der Waals surface area (Å²) in [4.78, 5) is 0. The number of allylic oxidation sites excluding steroid dienone is 2. The molecule has 21 heavy (non-hydrogen) atoms. The molecule has 1 saturated heterocycles. The zero-order valence-corrected chi connectivity index (χ0v) is 13.5. The highest BCUT2D eigenvalue weighted by molar-refractivity contribution is 6.48. The molecule has 1 fully saturated rings. The third-order valence-corrected chi connectivity index (χ3v) is 5.25. The summed E-state index contributed by atoms with van der Waals surface area (Å²) < 4.78 is 12.3. The standard InChI is InChI=1S/C18H25BO2/c1-17(2)18(3,4)21-19(20-17)16-12-10-15(11-13-16)14-8-6-5-7-9-14/h5-10,12,15-16H,11,13H2,1-4H3/t15?,16-/m1/s1. The Kier molecular flexibility index (Phi) is 3.75. The first-order valence-electron chi connectivity index (χ1n) is 7.98. The SMILES string of the molecule is CC1(C)OB([C@@H]2C=CC(c3ccccc3)CC2)OC1(C)C. The van der Waals surface area contributed by atoms with Gasteiger partial charge < -0.3 is 9.31 Å². The molecule has 0 saturated carbocycles. The van der Waals surface area contributed by atoms with Crippen LogP contribution in [0.25, 0.3) is 0 Å². The van der Waals surface area contributed by atoms with Gasteiger partial charge in [-0.1, -0.05) is 42.5 Å². The summed E-state index contributed by atoms with van der Waals surface area (Å²) in [5.41, 5.74) is 0.935. The Balaban J connectivity index is 1.69. The number of rotatable bonds is 2. The monoisotopic (exact) mass is 284 g/mol. The molecule has 1 unspecified atom stereocenters. The van der Waals surface area contributed by atoms with E-state index in [0.717, 1.165) is 12.8 Å². The van der Waals surface area contributed by atoms with E-state index in [4.69, 9.17) is 9.31 Å². The van der Waals surface area contributed by atoms with Crippen molar-refractivity contribution in [3.63, 3.8) is 0 Å². The molecule has 2 nitrogen and oxygen atoms in total. The molecule has 3 rings (SSSR count). The van der Waals surface area contributed by atoms with Crippen LogP contribution in [0.15, 0.2) is 42.5 Å². The van der Waals surface area contributed by atoms with Crippen molar-refractivity contribution >= 4 is 7.12 Å². The lowest BCUT2D eigenvalue weighted by molar-refractivity contribution is 0.00578. The summed E-state index contributed by atoms with van der Waals surface area (Å²) in [7, 11) is -0.108. The lowest BCUT2D eigenvalue weighted by Crippen LogP contribution is -2.41. The minimum atomic E-state index is -0.234. The van der Waals surface area contributed by atoms with Gasteiger partial charge in [0.05, 0.1) is 11.2 Å². The number of hydrogen-bond donors (Lipinski definition) is 0. The van der Waals surface area contributed by atoms with E-state index in [0.29, 0.717) is 11.7 Å². The molecule has 3 heteroatoms. The summed E-state index contributed by atoms with van der Waals surface area (Å²) in [6, 6.07) is 10.7. The maximum Gasteiger partial charge on any atom is 0.465 e. The van der Waals surface area contributed by atoms with Gasteiger partial charge in [-0.3, -0.25) is 0 Å². The first-order chi connectivity index (χ1) is 9.89. The fourth-order valence-corrected chi connectivity index (χ4v) is 3.11. The van der Waals surface area contributed by atoms with E-state index >= 15 is 0 Å². The van der Waals surface area contributed by atoms with Crippen LogP contribution in [0, 0.1) is 0 Å². The first kappa shape index (κ1) is 14.9. The molecule has 0 spiro atoms. The molecule has 1 aromatic carbocycles. The second-order valence-corrected chi connectivity index (χ2v) is 7.27. The van der Waals surface area contributed by atoms with Crippen LogP contribution in [0.3, 0.4) is 0 Å². The van der Waals surface area contributed by atoms with Gasteiger partial charge in [-0.25, -0.2) is 0 Å². The predicted molar refractivity (Wildman–Crippen MR) is 87.4 cm³/mol. The predicted octanol–water partition coefficient (Wildman–Crippen LogP) is 4.58. The highest BCUT2D eigenvalue weighted by atomic mass is 16.7. The summed E-state index contributed by atoms with van der Waals surface area (Å²) in [5.74, 6) is 0.899. The third kappa shape index (κ3) is 2.82. The normalized spacial score (nSPS) is 30.6. The van der Waals surface area contributed by atoms with E-state index in [1.807, 2.05) is 0 Å². The van der Waals surface area contributed by atoms with Crippen molar-refractivity contribution in [2.75, 3.05) is 0 Å². The Hall–Kier alpha value is -1.06. The quantitative estimate of drug-likeness (QED) is 0.584. The number of hydrogen-bond acceptors (Lipinski definition) is 2. The Morgan fingerprint density at radius 1 is 0.905 bits per heavy atom. The zero-order chi connectivity index (χ0) is 15.1. The average Bonchev–Trinajstić information content (AvgIpc) is 2.69. The van der Waals surface area contributed by atoms with Crippen LogP contribution in [-0.2, 0) is 9.31 Å². The van der Waals surface area contributed by atoms with E-state index in [9.17, 15) is 0 Å². The summed E-state index contributed by atoms with van der Waals surface area (Å²) >= 11 is 0. The van der Waals surface area contributed by atoms with Gasteiger partial charge in [-0.2, -0.15) is 0 Å². The van der Waals surface area contributed by atoms with Crippen LogP contribution in [0.1, 0.15) is 52.0 Å². The molecular weight excluding hydrogens is 259 g/mol. The maximum atomic E-state index is 6.17. The molecule has 0 amide bonds. The molecule has 0 bridgehead atoms. The summed E-state index contributed by atoms with van der Waals surface area (Å²) in [6.45, 7) is 8.47. The van der Waals surface area contributed by atoms with Gasteiger partial charge in [-0.05, 0) is 46.1 Å². The van der Waals surface area contributed by atoms with E-state index in [1.165, 1.54) is 5.56 Å². The van der Waals surface area contributed by atoms with Gasteiger partial charge in [0.1, 0.15) is 0 Å². The largest absolute Gasteiger partial charge is 0.465 e. The lowest BCUT2D eigenvalue weighted by atomic mass is 9.65. The minimum absolute atomic E-state index is 0.108.